The van der Waals surface area contributed by atoms with E-state index in [0.29, 0.717) is 12.3 Å². The average Bonchev–Trinajstić information content (AvgIpc) is 2.62. The van der Waals surface area contributed by atoms with Gasteiger partial charge in [0.25, 0.3) is 0 Å². The second-order valence-corrected chi connectivity index (χ2v) is 6.30. The zero-order valence-corrected chi connectivity index (χ0v) is 12.2. The van der Waals surface area contributed by atoms with Gasteiger partial charge in [0.1, 0.15) is 0 Å². The molecule has 0 aliphatic carbocycles. The maximum absolute atomic E-state index is 10.6. The molecule has 1 N–H and O–H groups in total. The molecule has 0 saturated carbocycles. The van der Waals surface area contributed by atoms with Crippen molar-refractivity contribution in [3.05, 3.63) is 0 Å². The van der Waals surface area contributed by atoms with Gasteiger partial charge in [-0.1, -0.05) is 0 Å². The number of hydrogen-bond acceptors (Lipinski definition) is 3. The first-order valence-corrected chi connectivity index (χ1v) is 7.79. The van der Waals surface area contributed by atoms with Gasteiger partial charge in [-0.3, -0.25) is 4.79 Å². The van der Waals surface area contributed by atoms with E-state index in [1.807, 2.05) is 0 Å². The molecule has 1 unspecified atom stereocenters. The highest BCUT2D eigenvalue weighted by atomic mass is 16.4. The highest BCUT2D eigenvalue weighted by Gasteiger charge is 2.26. The van der Waals surface area contributed by atoms with Crippen LogP contribution in [0.2, 0.25) is 0 Å². The van der Waals surface area contributed by atoms with Crippen molar-refractivity contribution >= 4 is 5.97 Å². The molecule has 0 amide bonds. The van der Waals surface area contributed by atoms with Gasteiger partial charge in [0.15, 0.2) is 0 Å². The van der Waals surface area contributed by atoms with Crippen molar-refractivity contribution < 1.29 is 9.90 Å². The third-order valence-corrected chi connectivity index (χ3v) is 4.85. The molecule has 1 atom stereocenters. The number of nitrogens with zero attached hydrogens (tertiary/aromatic N) is 2. The zero-order valence-electron chi connectivity index (χ0n) is 12.2. The maximum atomic E-state index is 10.6. The maximum Gasteiger partial charge on any atom is 0.303 e. The summed E-state index contributed by atoms with van der Waals surface area (Å²) >= 11 is 0. The Kier molecular flexibility index (Phi) is 5.64. The molecule has 2 heterocycles. The highest BCUT2D eigenvalue weighted by Crippen LogP contribution is 2.26. The lowest BCUT2D eigenvalue weighted by atomic mass is 9.90. The predicted molar refractivity (Wildman–Crippen MR) is 76.3 cm³/mol. The first-order chi connectivity index (χ1) is 9.15. The van der Waals surface area contributed by atoms with Crippen LogP contribution in [-0.2, 0) is 4.79 Å². The number of piperidine rings is 1. The molecule has 19 heavy (non-hydrogen) atoms. The van der Waals surface area contributed by atoms with Crippen molar-refractivity contribution in [2.75, 3.05) is 33.2 Å². The molecule has 0 bridgehead atoms. The van der Waals surface area contributed by atoms with Gasteiger partial charge in [0.2, 0.25) is 0 Å². The molecule has 2 rings (SSSR count). The van der Waals surface area contributed by atoms with Crippen molar-refractivity contribution in [3.63, 3.8) is 0 Å². The monoisotopic (exact) mass is 268 g/mol. The normalized spacial score (nSPS) is 28.2. The lowest BCUT2D eigenvalue weighted by Gasteiger charge is -2.37. The fraction of sp³-hybridized carbons (Fsp3) is 0.933. The second-order valence-electron chi connectivity index (χ2n) is 6.30. The van der Waals surface area contributed by atoms with Crippen molar-refractivity contribution in [1.82, 2.24) is 9.80 Å². The van der Waals surface area contributed by atoms with Crippen molar-refractivity contribution in [3.8, 4) is 0 Å². The molecule has 2 fully saturated rings. The topological polar surface area (TPSA) is 43.8 Å². The van der Waals surface area contributed by atoms with Gasteiger partial charge in [-0.2, -0.15) is 0 Å². The second kappa shape index (κ2) is 7.25. The molecule has 0 spiro atoms. The van der Waals surface area contributed by atoms with E-state index in [4.69, 9.17) is 5.11 Å². The van der Waals surface area contributed by atoms with E-state index in [0.717, 1.165) is 12.5 Å². The number of rotatable bonds is 4. The lowest BCUT2D eigenvalue weighted by molar-refractivity contribution is -0.137. The van der Waals surface area contributed by atoms with E-state index in [-0.39, 0.29) is 0 Å². The van der Waals surface area contributed by atoms with Gasteiger partial charge >= 0.3 is 5.97 Å². The lowest BCUT2D eigenvalue weighted by Crippen LogP contribution is -2.41. The minimum Gasteiger partial charge on any atom is -0.481 e. The summed E-state index contributed by atoms with van der Waals surface area (Å²) < 4.78 is 0. The standard InChI is InChI=1S/C15H28N2O2/c1-16-9-2-3-14(8-10-16)17-11-6-13(7-12-17)4-5-15(18)19/h13-14H,2-12H2,1H3,(H,18,19). The minimum atomic E-state index is -0.644. The minimum absolute atomic E-state index is 0.346. The summed E-state index contributed by atoms with van der Waals surface area (Å²) in [6.45, 7) is 4.83. The molecule has 4 heteroatoms. The number of aliphatic carboxylic acids is 1. The van der Waals surface area contributed by atoms with Crippen LogP contribution in [0.25, 0.3) is 0 Å². The summed E-state index contributed by atoms with van der Waals surface area (Å²) in [6, 6.07) is 0.769. The van der Waals surface area contributed by atoms with E-state index in [1.165, 1.54) is 58.3 Å². The summed E-state index contributed by atoms with van der Waals surface area (Å²) in [4.78, 5) is 15.7. The van der Waals surface area contributed by atoms with Crippen LogP contribution in [0.1, 0.15) is 44.9 Å². The summed E-state index contributed by atoms with van der Waals surface area (Å²) in [5.74, 6) is -0.00460. The van der Waals surface area contributed by atoms with Crippen LogP contribution in [0.5, 0.6) is 0 Å². The Balaban J connectivity index is 1.71. The van der Waals surface area contributed by atoms with Crippen LogP contribution in [0.4, 0.5) is 0 Å². The van der Waals surface area contributed by atoms with Crippen molar-refractivity contribution in [2.24, 2.45) is 5.92 Å². The Morgan fingerprint density at radius 1 is 1.11 bits per heavy atom. The predicted octanol–water partition coefficient (Wildman–Crippen LogP) is 2.05. The van der Waals surface area contributed by atoms with Gasteiger partial charge in [-0.15, -0.1) is 0 Å². The molecule has 2 aliphatic heterocycles. The van der Waals surface area contributed by atoms with Crippen LogP contribution in [0, 0.1) is 5.92 Å². The fourth-order valence-corrected chi connectivity index (χ4v) is 3.52. The molecule has 110 valence electrons. The molecule has 2 aliphatic rings. The number of carboxylic acid groups (broad SMARTS) is 1. The first kappa shape index (κ1) is 14.8. The van der Waals surface area contributed by atoms with Crippen LogP contribution in [-0.4, -0.2) is 60.1 Å². The third kappa shape index (κ3) is 4.77. The summed E-state index contributed by atoms with van der Waals surface area (Å²) in [5, 5.41) is 8.74. The van der Waals surface area contributed by atoms with Crippen molar-refractivity contribution in [1.29, 1.82) is 0 Å². The zero-order chi connectivity index (χ0) is 13.7. The molecule has 0 radical (unpaired) electrons. The Bertz CT molecular complexity index is 288. The Morgan fingerprint density at radius 2 is 1.84 bits per heavy atom. The van der Waals surface area contributed by atoms with Gasteiger partial charge in [-0.05, 0) is 77.7 Å². The largest absolute Gasteiger partial charge is 0.481 e. The van der Waals surface area contributed by atoms with E-state index in [9.17, 15) is 4.79 Å². The van der Waals surface area contributed by atoms with Crippen LogP contribution < -0.4 is 0 Å². The van der Waals surface area contributed by atoms with E-state index in [2.05, 4.69) is 16.8 Å². The number of likely N-dealkylation sites (tertiary alicyclic amines) is 2. The first-order valence-electron chi connectivity index (χ1n) is 7.79. The quantitative estimate of drug-likeness (QED) is 0.847. The molecular weight excluding hydrogens is 240 g/mol. The van der Waals surface area contributed by atoms with Gasteiger partial charge in [0, 0.05) is 12.5 Å². The number of carboxylic acids is 1. The molecule has 2 saturated heterocycles. The molecule has 0 aromatic rings. The average molecular weight is 268 g/mol. The van der Waals surface area contributed by atoms with Gasteiger partial charge in [-0.25, -0.2) is 0 Å². The summed E-state index contributed by atoms with van der Waals surface area (Å²) in [5.41, 5.74) is 0. The molecule has 4 nitrogen and oxygen atoms in total. The Hall–Kier alpha value is -0.610. The smallest absolute Gasteiger partial charge is 0.303 e. The number of carbonyl (C=O) groups is 1. The molecule has 0 aromatic carbocycles. The van der Waals surface area contributed by atoms with Crippen molar-refractivity contribution in [2.45, 2.75) is 51.0 Å². The van der Waals surface area contributed by atoms with E-state index >= 15 is 0 Å². The fourth-order valence-electron chi connectivity index (χ4n) is 3.52. The summed E-state index contributed by atoms with van der Waals surface area (Å²) in [7, 11) is 2.22. The van der Waals surface area contributed by atoms with Crippen LogP contribution in [0.3, 0.4) is 0 Å². The Morgan fingerprint density at radius 3 is 2.53 bits per heavy atom. The SMILES string of the molecule is CN1CCCC(N2CCC(CCC(=O)O)CC2)CC1. The number of hydrogen-bond donors (Lipinski definition) is 1. The molecule has 0 aromatic heterocycles. The van der Waals surface area contributed by atoms with E-state index < -0.39 is 5.97 Å². The van der Waals surface area contributed by atoms with Gasteiger partial charge in [0.05, 0.1) is 0 Å². The highest BCUT2D eigenvalue weighted by molar-refractivity contribution is 5.66. The molecular formula is C15H28N2O2. The van der Waals surface area contributed by atoms with E-state index in [1.54, 1.807) is 0 Å². The third-order valence-electron chi connectivity index (χ3n) is 4.85. The Labute approximate surface area is 116 Å². The summed E-state index contributed by atoms with van der Waals surface area (Å²) in [6.07, 6.45) is 7.56. The van der Waals surface area contributed by atoms with Crippen LogP contribution in [0.15, 0.2) is 0 Å². The van der Waals surface area contributed by atoms with Crippen LogP contribution >= 0.6 is 0 Å². The van der Waals surface area contributed by atoms with Gasteiger partial charge < -0.3 is 14.9 Å².